The van der Waals surface area contributed by atoms with Crippen molar-refractivity contribution in [2.24, 2.45) is 5.73 Å². The molecule has 3 N–H and O–H groups in total. The number of primary amides is 1. The van der Waals surface area contributed by atoms with Crippen LogP contribution in [0.25, 0.3) is 0 Å². The van der Waals surface area contributed by atoms with Gasteiger partial charge in [-0.2, -0.15) is 0 Å². The molecule has 0 radical (unpaired) electrons. The highest BCUT2D eigenvalue weighted by molar-refractivity contribution is 5.79. The lowest BCUT2D eigenvalue weighted by Crippen LogP contribution is -2.22. The second-order valence-electron chi connectivity index (χ2n) is 3.39. The molecule has 1 rings (SSSR count). The Bertz CT molecular complexity index is 375. The Morgan fingerprint density at radius 3 is 2.60 bits per heavy atom. The van der Waals surface area contributed by atoms with Crippen molar-refractivity contribution < 1.29 is 9.53 Å². The molecule has 0 saturated heterocycles. The maximum atomic E-state index is 10.6. The number of nitrogens with one attached hydrogen (secondary N) is 1. The summed E-state index contributed by atoms with van der Waals surface area (Å²) in [6.45, 7) is 4.09. The fraction of sp³-hybridized carbons (Fsp3) is 0.364. The third kappa shape index (κ3) is 2.62. The van der Waals surface area contributed by atoms with Gasteiger partial charge in [-0.15, -0.1) is 0 Å². The van der Waals surface area contributed by atoms with Gasteiger partial charge in [-0.1, -0.05) is 0 Å². The van der Waals surface area contributed by atoms with Gasteiger partial charge in [-0.05, 0) is 37.1 Å². The van der Waals surface area contributed by atoms with E-state index in [0.29, 0.717) is 0 Å². The minimum atomic E-state index is -0.372. The van der Waals surface area contributed by atoms with Crippen LogP contribution in [-0.4, -0.2) is 19.6 Å². The molecule has 0 aliphatic rings. The maximum absolute atomic E-state index is 10.6. The normalized spacial score (nSPS) is 9.80. The van der Waals surface area contributed by atoms with Crippen LogP contribution in [0, 0.1) is 13.8 Å². The van der Waals surface area contributed by atoms with Gasteiger partial charge in [0.1, 0.15) is 5.75 Å². The zero-order valence-electron chi connectivity index (χ0n) is 9.26. The molecule has 0 aliphatic carbocycles. The predicted octanol–water partition coefficient (Wildman–Crippen LogP) is 1.21. The first kappa shape index (κ1) is 11.4. The summed E-state index contributed by atoms with van der Waals surface area (Å²) in [4.78, 5) is 10.6. The average molecular weight is 208 g/mol. The molecule has 0 spiro atoms. The first-order valence-electron chi connectivity index (χ1n) is 4.72. The van der Waals surface area contributed by atoms with E-state index in [9.17, 15) is 4.79 Å². The number of hydrogen-bond acceptors (Lipinski definition) is 3. The fourth-order valence-corrected chi connectivity index (χ4v) is 1.39. The first-order chi connectivity index (χ1) is 7.06. The second kappa shape index (κ2) is 4.68. The van der Waals surface area contributed by atoms with Gasteiger partial charge in [0.25, 0.3) is 0 Å². The number of carbonyl (C=O) groups is 1. The van der Waals surface area contributed by atoms with Gasteiger partial charge in [0, 0.05) is 5.69 Å². The summed E-state index contributed by atoms with van der Waals surface area (Å²) in [5.41, 5.74) is 8.10. The summed E-state index contributed by atoms with van der Waals surface area (Å²) in [7, 11) is 1.64. The molecule has 0 heterocycles. The van der Waals surface area contributed by atoms with E-state index in [-0.39, 0.29) is 12.5 Å². The highest BCUT2D eigenvalue weighted by atomic mass is 16.5. The summed E-state index contributed by atoms with van der Waals surface area (Å²) >= 11 is 0. The van der Waals surface area contributed by atoms with E-state index in [4.69, 9.17) is 10.5 Å². The van der Waals surface area contributed by atoms with Gasteiger partial charge < -0.3 is 15.8 Å². The van der Waals surface area contributed by atoms with Crippen molar-refractivity contribution in [3.63, 3.8) is 0 Å². The molecule has 0 bridgehead atoms. The van der Waals surface area contributed by atoms with E-state index < -0.39 is 0 Å². The van der Waals surface area contributed by atoms with E-state index in [0.717, 1.165) is 22.6 Å². The van der Waals surface area contributed by atoms with E-state index in [1.165, 1.54) is 0 Å². The van der Waals surface area contributed by atoms with E-state index in [1.54, 1.807) is 7.11 Å². The smallest absolute Gasteiger partial charge is 0.236 e. The number of nitrogens with two attached hydrogens (primary N) is 1. The van der Waals surface area contributed by atoms with Crippen molar-refractivity contribution in [2.75, 3.05) is 19.0 Å². The summed E-state index contributed by atoms with van der Waals surface area (Å²) in [5.74, 6) is 0.472. The molecule has 1 aromatic carbocycles. The Balaban J connectivity index is 2.91. The van der Waals surface area contributed by atoms with Crippen LogP contribution in [-0.2, 0) is 4.79 Å². The molecule has 4 heteroatoms. The van der Waals surface area contributed by atoms with Crippen molar-refractivity contribution in [3.05, 3.63) is 23.3 Å². The van der Waals surface area contributed by atoms with E-state index in [1.807, 2.05) is 26.0 Å². The number of anilines is 1. The maximum Gasteiger partial charge on any atom is 0.236 e. The van der Waals surface area contributed by atoms with Gasteiger partial charge in [0.05, 0.1) is 13.7 Å². The lowest BCUT2D eigenvalue weighted by molar-refractivity contribution is -0.116. The Kier molecular flexibility index (Phi) is 3.55. The standard InChI is InChI=1S/C11H16N2O2/c1-7-8(2)10(15-3)5-4-9(7)13-6-11(12)14/h4-5,13H,6H2,1-3H3,(H2,12,14). The fourth-order valence-electron chi connectivity index (χ4n) is 1.39. The molecule has 0 unspecified atom stereocenters. The Morgan fingerprint density at radius 2 is 2.07 bits per heavy atom. The molecule has 4 nitrogen and oxygen atoms in total. The third-order valence-electron chi connectivity index (χ3n) is 2.41. The van der Waals surface area contributed by atoms with E-state index in [2.05, 4.69) is 5.32 Å². The van der Waals surface area contributed by atoms with Crippen LogP contribution < -0.4 is 15.8 Å². The molecular formula is C11H16N2O2. The van der Waals surface area contributed by atoms with Crippen LogP contribution in [0.2, 0.25) is 0 Å². The molecule has 0 atom stereocenters. The molecule has 82 valence electrons. The van der Waals surface area contributed by atoms with Gasteiger partial charge in [0.2, 0.25) is 5.91 Å². The largest absolute Gasteiger partial charge is 0.496 e. The number of carbonyl (C=O) groups excluding carboxylic acids is 1. The predicted molar refractivity (Wildman–Crippen MR) is 60.2 cm³/mol. The number of hydrogen-bond donors (Lipinski definition) is 2. The van der Waals surface area contributed by atoms with Crippen LogP contribution in [0.4, 0.5) is 5.69 Å². The minimum Gasteiger partial charge on any atom is -0.496 e. The monoisotopic (exact) mass is 208 g/mol. The molecule has 0 saturated carbocycles. The van der Waals surface area contributed by atoms with Crippen LogP contribution in [0.5, 0.6) is 5.75 Å². The average Bonchev–Trinajstić information content (AvgIpc) is 2.20. The summed E-state index contributed by atoms with van der Waals surface area (Å²) in [5, 5.41) is 2.97. The topological polar surface area (TPSA) is 64.3 Å². The SMILES string of the molecule is COc1ccc(NCC(N)=O)c(C)c1C. The Labute approximate surface area is 89.4 Å². The summed E-state index contributed by atoms with van der Waals surface area (Å²) in [6.07, 6.45) is 0. The molecular weight excluding hydrogens is 192 g/mol. The van der Waals surface area contributed by atoms with E-state index >= 15 is 0 Å². The molecule has 1 aromatic rings. The molecule has 1 amide bonds. The van der Waals surface area contributed by atoms with Crippen LogP contribution in [0.3, 0.4) is 0 Å². The Morgan fingerprint density at radius 1 is 1.40 bits per heavy atom. The van der Waals surface area contributed by atoms with Crippen LogP contribution in [0.1, 0.15) is 11.1 Å². The quantitative estimate of drug-likeness (QED) is 0.781. The highest BCUT2D eigenvalue weighted by Gasteiger charge is 2.06. The van der Waals surface area contributed by atoms with Gasteiger partial charge in [0.15, 0.2) is 0 Å². The van der Waals surface area contributed by atoms with Crippen molar-refractivity contribution in [2.45, 2.75) is 13.8 Å². The van der Waals surface area contributed by atoms with Crippen molar-refractivity contribution >= 4 is 11.6 Å². The zero-order valence-corrected chi connectivity index (χ0v) is 9.26. The number of benzene rings is 1. The van der Waals surface area contributed by atoms with Gasteiger partial charge in [-0.3, -0.25) is 4.79 Å². The number of rotatable bonds is 4. The molecule has 15 heavy (non-hydrogen) atoms. The van der Waals surface area contributed by atoms with Crippen molar-refractivity contribution in [1.29, 1.82) is 0 Å². The van der Waals surface area contributed by atoms with Crippen molar-refractivity contribution in [1.82, 2.24) is 0 Å². The lowest BCUT2D eigenvalue weighted by atomic mass is 10.1. The summed E-state index contributed by atoms with van der Waals surface area (Å²) in [6, 6.07) is 3.75. The molecule has 0 aliphatic heterocycles. The Hall–Kier alpha value is -1.71. The van der Waals surface area contributed by atoms with Crippen LogP contribution in [0.15, 0.2) is 12.1 Å². The minimum absolute atomic E-state index is 0.145. The number of methoxy groups -OCH3 is 1. The van der Waals surface area contributed by atoms with Crippen LogP contribution >= 0.6 is 0 Å². The van der Waals surface area contributed by atoms with Gasteiger partial charge in [-0.25, -0.2) is 0 Å². The molecule has 0 aromatic heterocycles. The molecule has 0 fully saturated rings. The number of ether oxygens (including phenoxy) is 1. The summed E-state index contributed by atoms with van der Waals surface area (Å²) < 4.78 is 5.19. The van der Waals surface area contributed by atoms with Crippen molar-refractivity contribution in [3.8, 4) is 5.75 Å². The third-order valence-corrected chi connectivity index (χ3v) is 2.41. The highest BCUT2D eigenvalue weighted by Crippen LogP contribution is 2.26. The first-order valence-corrected chi connectivity index (χ1v) is 4.72. The van der Waals surface area contributed by atoms with Gasteiger partial charge >= 0.3 is 0 Å². The zero-order chi connectivity index (χ0) is 11.4. The number of amides is 1. The lowest BCUT2D eigenvalue weighted by Gasteiger charge is -2.13. The second-order valence-corrected chi connectivity index (χ2v) is 3.39.